The van der Waals surface area contributed by atoms with Gasteiger partial charge in [0, 0.05) is 47.0 Å². The summed E-state index contributed by atoms with van der Waals surface area (Å²) in [4.78, 5) is 33.0. The molecular weight excluding hydrogens is 791 g/mol. The number of nitrogens with one attached hydrogen (secondary N) is 1. The van der Waals surface area contributed by atoms with Crippen molar-refractivity contribution >= 4 is 23.7 Å². The molecule has 3 aromatic carbocycles. The highest BCUT2D eigenvalue weighted by Crippen LogP contribution is 2.64. The van der Waals surface area contributed by atoms with Crippen molar-refractivity contribution in [1.82, 2.24) is 15.1 Å². The Hall–Kier alpha value is -4.41. The van der Waals surface area contributed by atoms with Gasteiger partial charge in [-0.15, -0.1) is 11.8 Å². The van der Waals surface area contributed by atoms with Crippen LogP contribution in [0, 0.1) is 13.8 Å². The van der Waals surface area contributed by atoms with Crippen LogP contribution in [-0.4, -0.2) is 102 Å². The Labute approximate surface area is 354 Å². The number of esters is 2. The van der Waals surface area contributed by atoms with Gasteiger partial charge in [-0.25, -0.2) is 4.79 Å². The standard InChI is InChI=1S/C45H55N3O11S/c1-7-8-9-10-11-12-31(50)59-39-23(3)40-41(58-21-57-40)33-28-19-56-44(53)45(26-18-30(54-5)29(49)17-24(26)13-14-46-45)20-60-42(34(33)39)36-35-32-25(15-22(2)38(55-6)37(32)51)16-27(47(35)4)43(52)48(28)36/h15,17-18,27-28,35-36,42-43,46,49,51-52H,7-14,16,19-21H2,1-6H3/t27-,28+,35+,36-,42-,43+,45-/m1/s1. The molecule has 322 valence electrons. The number of piperazine rings is 1. The fraction of sp³-hybridized carbons (Fsp3) is 0.556. The first-order valence-corrected chi connectivity index (χ1v) is 22.2. The number of carbonyl (C=O) groups is 2. The van der Waals surface area contributed by atoms with Crippen LogP contribution >= 0.6 is 11.8 Å². The fourth-order valence-electron chi connectivity index (χ4n) is 10.9. The highest BCUT2D eigenvalue weighted by atomic mass is 32.2. The second-order valence-corrected chi connectivity index (χ2v) is 18.1. The highest BCUT2D eigenvalue weighted by Gasteiger charge is 2.61. The topological polar surface area (TPSA) is 169 Å². The molecule has 0 radical (unpaired) electrons. The van der Waals surface area contributed by atoms with E-state index >= 15 is 0 Å². The van der Waals surface area contributed by atoms with Gasteiger partial charge >= 0.3 is 11.9 Å². The molecule has 0 saturated carbocycles. The number of thioether (sulfide) groups is 1. The van der Waals surface area contributed by atoms with Gasteiger partial charge in [0.15, 0.2) is 40.0 Å². The van der Waals surface area contributed by atoms with Crippen LogP contribution in [0.4, 0.5) is 0 Å². The number of phenols is 2. The molecule has 4 bridgehead atoms. The summed E-state index contributed by atoms with van der Waals surface area (Å²) in [5, 5.41) is 38.6. The number of nitrogens with zero attached hydrogens (tertiary/aromatic N) is 2. The summed E-state index contributed by atoms with van der Waals surface area (Å²) >= 11 is 1.49. The Balaban J connectivity index is 1.27. The second-order valence-electron chi connectivity index (χ2n) is 17.0. The maximum atomic E-state index is 14.8. The van der Waals surface area contributed by atoms with E-state index < -0.39 is 47.2 Å². The van der Waals surface area contributed by atoms with E-state index in [1.54, 1.807) is 19.2 Å². The summed E-state index contributed by atoms with van der Waals surface area (Å²) < 4.78 is 36.7. The summed E-state index contributed by atoms with van der Waals surface area (Å²) in [5.74, 6) is 1.24. The number of unbranched alkanes of at least 4 members (excludes halogenated alkanes) is 4. The molecule has 7 heterocycles. The number of likely N-dealkylation sites (N-methyl/N-ethyl adjacent to an activating group) is 1. The van der Waals surface area contributed by atoms with Crippen molar-refractivity contribution in [2.45, 2.75) is 113 Å². The Morgan fingerprint density at radius 1 is 0.983 bits per heavy atom. The first-order chi connectivity index (χ1) is 28.9. The van der Waals surface area contributed by atoms with Crippen LogP contribution in [0.1, 0.15) is 107 Å². The molecule has 7 atom stereocenters. The third-order valence-electron chi connectivity index (χ3n) is 13.7. The van der Waals surface area contributed by atoms with E-state index in [0.29, 0.717) is 76.6 Å². The minimum atomic E-state index is -1.36. The third-order valence-corrected chi connectivity index (χ3v) is 15.2. The van der Waals surface area contributed by atoms with E-state index in [2.05, 4.69) is 17.1 Å². The molecule has 1 spiro atoms. The van der Waals surface area contributed by atoms with E-state index in [0.717, 1.165) is 42.4 Å². The van der Waals surface area contributed by atoms with Crippen molar-refractivity contribution in [2.75, 3.05) is 47.0 Å². The number of aliphatic hydroxyl groups excluding tert-OH is 1. The Bertz CT molecular complexity index is 2230. The normalized spacial score (nSPS) is 27.7. The Kier molecular flexibility index (Phi) is 10.8. The molecule has 4 N–H and O–H groups in total. The predicted molar refractivity (Wildman–Crippen MR) is 222 cm³/mol. The number of phenolic OH excluding ortho intramolecular Hbond substituents is 2. The van der Waals surface area contributed by atoms with Crippen molar-refractivity contribution in [3.05, 3.63) is 62.7 Å². The van der Waals surface area contributed by atoms with Crippen molar-refractivity contribution in [3.8, 4) is 40.2 Å². The lowest BCUT2D eigenvalue weighted by Gasteiger charge is -2.62. The van der Waals surface area contributed by atoms with Gasteiger partial charge < -0.3 is 43.7 Å². The maximum Gasteiger partial charge on any atom is 0.331 e. The number of benzene rings is 3. The number of ether oxygens (including phenoxy) is 6. The molecule has 7 aliphatic heterocycles. The SMILES string of the molecule is CCCCCCCC(=O)Oc1c(C)c2c(c3c1[C@H]1SC[C@]4(NCCc5cc(O)c(OC)cc54)C(=O)OC[C@@H]3N3[C@@H]1[C@@H]1c4c(cc(C)c(OC)c4O)C[C@H]([C@@H]3O)N1C)OCO2. The highest BCUT2D eigenvalue weighted by molar-refractivity contribution is 7.99. The van der Waals surface area contributed by atoms with Gasteiger partial charge in [-0.2, -0.15) is 0 Å². The lowest BCUT2D eigenvalue weighted by Crippen LogP contribution is -2.70. The van der Waals surface area contributed by atoms with Crippen molar-refractivity contribution in [3.63, 3.8) is 0 Å². The van der Waals surface area contributed by atoms with Crippen LogP contribution in [-0.2, 0) is 32.7 Å². The van der Waals surface area contributed by atoms with Crippen LogP contribution < -0.4 is 29.0 Å². The molecule has 0 aliphatic carbocycles. The molecule has 10 rings (SSSR count). The average molecular weight is 846 g/mol. The molecule has 15 heteroatoms. The monoisotopic (exact) mass is 845 g/mol. The molecule has 60 heavy (non-hydrogen) atoms. The molecule has 0 aromatic heterocycles. The number of aliphatic hydroxyl groups is 1. The van der Waals surface area contributed by atoms with Crippen molar-refractivity contribution in [1.29, 1.82) is 0 Å². The van der Waals surface area contributed by atoms with E-state index in [-0.39, 0.29) is 48.8 Å². The smallest absolute Gasteiger partial charge is 0.331 e. The molecule has 0 unspecified atom stereocenters. The first-order valence-electron chi connectivity index (χ1n) is 21.1. The molecular formula is C45H55N3O11S. The van der Waals surface area contributed by atoms with Crippen LogP contribution in [0.3, 0.4) is 0 Å². The zero-order valence-corrected chi connectivity index (χ0v) is 35.9. The Morgan fingerprint density at radius 3 is 2.53 bits per heavy atom. The average Bonchev–Trinajstić information content (AvgIpc) is 3.72. The number of aryl methyl sites for hydroxylation is 1. The number of methoxy groups -OCH3 is 2. The lowest BCUT2D eigenvalue weighted by molar-refractivity contribution is -0.186. The molecule has 14 nitrogen and oxygen atoms in total. The number of rotatable bonds is 9. The second kappa shape index (κ2) is 15.8. The largest absolute Gasteiger partial charge is 0.504 e. The summed E-state index contributed by atoms with van der Waals surface area (Å²) in [5.41, 5.74) is 4.48. The Morgan fingerprint density at radius 2 is 1.77 bits per heavy atom. The number of aromatic hydroxyl groups is 2. The predicted octanol–water partition coefficient (Wildman–Crippen LogP) is 5.75. The van der Waals surface area contributed by atoms with Gasteiger partial charge in [-0.1, -0.05) is 38.7 Å². The van der Waals surface area contributed by atoms with Crippen LogP contribution in [0.5, 0.6) is 40.2 Å². The number of fused-ring (bicyclic) bond motifs is 9. The first kappa shape index (κ1) is 41.0. The summed E-state index contributed by atoms with van der Waals surface area (Å²) in [7, 11) is 5.00. The van der Waals surface area contributed by atoms with Crippen LogP contribution in [0.15, 0.2) is 18.2 Å². The molecule has 7 aliphatic rings. The maximum absolute atomic E-state index is 14.8. The summed E-state index contributed by atoms with van der Waals surface area (Å²) in [6.45, 7) is 6.14. The number of hydrogen-bond donors (Lipinski definition) is 4. The zero-order valence-electron chi connectivity index (χ0n) is 35.1. The quantitative estimate of drug-likeness (QED) is 0.117. The van der Waals surface area contributed by atoms with Gasteiger partial charge in [0.1, 0.15) is 18.6 Å². The van der Waals surface area contributed by atoms with E-state index in [1.807, 2.05) is 31.9 Å². The summed E-state index contributed by atoms with van der Waals surface area (Å²) in [6, 6.07) is 3.17. The number of carbonyl (C=O) groups excluding carboxylic acids is 2. The molecule has 2 fully saturated rings. The van der Waals surface area contributed by atoms with Gasteiger partial charge in [0.2, 0.25) is 6.79 Å². The van der Waals surface area contributed by atoms with E-state index in [4.69, 9.17) is 28.4 Å². The zero-order chi connectivity index (χ0) is 42.2. The van der Waals surface area contributed by atoms with Gasteiger partial charge in [-0.3, -0.25) is 19.9 Å². The van der Waals surface area contributed by atoms with E-state index in [9.17, 15) is 24.9 Å². The molecule has 2 saturated heterocycles. The van der Waals surface area contributed by atoms with Crippen LogP contribution in [0.2, 0.25) is 0 Å². The molecule has 3 aromatic rings. The lowest BCUT2D eigenvalue weighted by atomic mass is 9.73. The van der Waals surface area contributed by atoms with Gasteiger partial charge in [0.05, 0.1) is 37.6 Å². The minimum Gasteiger partial charge on any atom is -0.504 e. The van der Waals surface area contributed by atoms with Crippen molar-refractivity contribution in [2.24, 2.45) is 0 Å². The van der Waals surface area contributed by atoms with Crippen molar-refractivity contribution < 1.29 is 53.3 Å². The van der Waals surface area contributed by atoms with Crippen LogP contribution in [0.25, 0.3) is 0 Å². The van der Waals surface area contributed by atoms with Gasteiger partial charge in [0.25, 0.3) is 0 Å². The summed E-state index contributed by atoms with van der Waals surface area (Å²) in [6.07, 6.45) is 5.07. The molecule has 0 amide bonds. The minimum absolute atomic E-state index is 0.0172. The van der Waals surface area contributed by atoms with E-state index in [1.165, 1.54) is 18.9 Å². The fourth-order valence-corrected chi connectivity index (χ4v) is 12.6. The van der Waals surface area contributed by atoms with Gasteiger partial charge in [-0.05, 0) is 74.5 Å². The number of hydrogen-bond acceptors (Lipinski definition) is 15. The third kappa shape index (κ3) is 6.20.